The number of hydrogen-bond acceptors (Lipinski definition) is 8. The summed E-state index contributed by atoms with van der Waals surface area (Å²) in [7, 11) is 4.54. The Bertz CT molecular complexity index is 1390. The number of ether oxygens (including phenoxy) is 2. The number of thiazole rings is 1. The number of carbonyl (C=O) groups excluding carboxylic acids is 3. The Hall–Kier alpha value is -4.33. The number of halogens is 2. The number of pyridine rings is 1. The molecule has 0 aliphatic rings. The van der Waals surface area contributed by atoms with E-state index in [0.29, 0.717) is 33.8 Å². The molecule has 0 bridgehead atoms. The molecule has 0 saturated heterocycles. The minimum atomic E-state index is -2.59. The number of nitrogens with zero attached hydrogens (tertiary/aromatic N) is 3. The lowest BCUT2D eigenvalue weighted by molar-refractivity contribution is -0.123. The van der Waals surface area contributed by atoms with E-state index in [-0.39, 0.29) is 36.0 Å². The fourth-order valence-corrected chi connectivity index (χ4v) is 4.16. The first-order chi connectivity index (χ1) is 19.0. The van der Waals surface area contributed by atoms with Crippen molar-refractivity contribution < 1.29 is 32.6 Å². The fourth-order valence-electron chi connectivity index (χ4n) is 3.13. The number of rotatable bonds is 11. The van der Waals surface area contributed by atoms with Gasteiger partial charge in [0.25, 0.3) is 12.0 Å². The second-order valence-corrected chi connectivity index (χ2v) is 9.45. The average molecular weight is 580 g/mol. The zero-order valence-corrected chi connectivity index (χ0v) is 23.1. The predicted molar refractivity (Wildman–Crippen MR) is 148 cm³/mol. The van der Waals surface area contributed by atoms with Crippen molar-refractivity contribution in [2.24, 2.45) is 5.73 Å². The van der Waals surface area contributed by atoms with Gasteiger partial charge in [0.05, 0.1) is 23.9 Å². The number of primary amides is 1. The standard InChI is InChI=1S/C24H26F2N4O4S.C2H5NO2/c1-29(2)22(32)12-5-3-4-11-20(31)27-17-9-7-13-30(24(17)33)14-21-28-16-8-6-10-18(23(16)35-21)34-15-19(25)26;1-5-2(3)4/h5-10,12-13,19H,3-4,11,14-15H2,1-2H3,(H,27,31);1H3,(H2,3,4)/b12-5+;. The normalized spacial score (nSPS) is 10.8. The lowest BCUT2D eigenvalue weighted by Gasteiger charge is -2.08. The topological polar surface area (TPSA) is 146 Å². The van der Waals surface area contributed by atoms with Crippen LogP contribution in [0.4, 0.5) is 19.3 Å². The van der Waals surface area contributed by atoms with Crippen LogP contribution in [0.3, 0.4) is 0 Å². The molecule has 3 aromatic rings. The van der Waals surface area contributed by atoms with E-state index < -0.39 is 19.1 Å². The third kappa shape index (κ3) is 10.4. The van der Waals surface area contributed by atoms with Gasteiger partial charge in [0.2, 0.25) is 11.8 Å². The lowest BCUT2D eigenvalue weighted by Crippen LogP contribution is -2.25. The number of amides is 3. The summed E-state index contributed by atoms with van der Waals surface area (Å²) >= 11 is 1.26. The van der Waals surface area contributed by atoms with Gasteiger partial charge in [0.1, 0.15) is 23.1 Å². The first-order valence-corrected chi connectivity index (χ1v) is 12.8. The van der Waals surface area contributed by atoms with Gasteiger partial charge in [-0.1, -0.05) is 12.1 Å². The summed E-state index contributed by atoms with van der Waals surface area (Å²) in [4.78, 5) is 51.9. The number of anilines is 1. The number of nitrogens with one attached hydrogen (secondary N) is 1. The van der Waals surface area contributed by atoms with Crippen molar-refractivity contribution in [2.45, 2.75) is 32.2 Å². The summed E-state index contributed by atoms with van der Waals surface area (Å²) in [5.41, 5.74) is 4.79. The minimum absolute atomic E-state index is 0.121. The van der Waals surface area contributed by atoms with Crippen LogP contribution < -0.4 is 21.3 Å². The van der Waals surface area contributed by atoms with E-state index in [1.807, 2.05) is 0 Å². The minimum Gasteiger partial charge on any atom is -0.486 e. The summed E-state index contributed by atoms with van der Waals surface area (Å²) in [6.45, 7) is -0.557. The molecule has 3 N–H and O–H groups in total. The van der Waals surface area contributed by atoms with Crippen molar-refractivity contribution in [1.29, 1.82) is 0 Å². The Labute approximate surface area is 233 Å². The SMILES string of the molecule is CN(C)C(=O)/C=C/CCCC(=O)Nc1cccn(Cc2nc3cccc(OCC(F)F)c3s2)c1=O.COC(N)=O. The van der Waals surface area contributed by atoms with Crippen LogP contribution in [0.2, 0.25) is 0 Å². The Morgan fingerprint density at radius 3 is 2.60 bits per heavy atom. The molecule has 0 fully saturated rings. The highest BCUT2D eigenvalue weighted by Crippen LogP contribution is 2.31. The lowest BCUT2D eigenvalue weighted by atomic mass is 10.2. The molecule has 14 heteroatoms. The van der Waals surface area contributed by atoms with E-state index in [2.05, 4.69) is 20.8 Å². The molecule has 11 nitrogen and oxygen atoms in total. The fraction of sp³-hybridized carbons (Fsp3) is 0.346. The number of carbonyl (C=O) groups is 3. The van der Waals surface area contributed by atoms with Gasteiger partial charge in [-0.15, -0.1) is 11.3 Å². The van der Waals surface area contributed by atoms with Crippen LogP contribution >= 0.6 is 11.3 Å². The molecular weight excluding hydrogens is 548 g/mol. The number of benzene rings is 1. The molecule has 0 unspecified atom stereocenters. The van der Waals surface area contributed by atoms with Crippen molar-refractivity contribution in [1.82, 2.24) is 14.5 Å². The molecule has 2 aromatic heterocycles. The van der Waals surface area contributed by atoms with Gasteiger partial charge in [0.15, 0.2) is 0 Å². The largest absolute Gasteiger partial charge is 0.486 e. The van der Waals surface area contributed by atoms with E-state index in [0.717, 1.165) is 0 Å². The van der Waals surface area contributed by atoms with Gasteiger partial charge in [-0.25, -0.2) is 18.6 Å². The molecule has 3 amide bonds. The number of methoxy groups -OCH3 is 1. The van der Waals surface area contributed by atoms with Crippen LogP contribution in [-0.4, -0.2) is 66.6 Å². The highest BCUT2D eigenvalue weighted by atomic mass is 32.1. The molecule has 0 saturated carbocycles. The van der Waals surface area contributed by atoms with E-state index in [1.54, 1.807) is 50.6 Å². The molecular formula is C26H31F2N5O6S. The molecule has 1 aromatic carbocycles. The Morgan fingerprint density at radius 2 is 1.95 bits per heavy atom. The second kappa shape index (κ2) is 15.9. The predicted octanol–water partition coefficient (Wildman–Crippen LogP) is 3.61. The maximum absolute atomic E-state index is 12.8. The highest BCUT2D eigenvalue weighted by Gasteiger charge is 2.13. The number of unbranched alkanes of at least 4 members (excludes halogenated alkanes) is 1. The van der Waals surface area contributed by atoms with Gasteiger partial charge in [0, 0.05) is 26.7 Å². The van der Waals surface area contributed by atoms with Crippen molar-refractivity contribution in [3.05, 3.63) is 64.0 Å². The van der Waals surface area contributed by atoms with Gasteiger partial charge in [-0.2, -0.15) is 0 Å². The molecule has 0 atom stereocenters. The molecule has 0 radical (unpaired) electrons. The zero-order chi connectivity index (χ0) is 29.7. The van der Waals surface area contributed by atoms with Crippen LogP contribution in [0.5, 0.6) is 5.75 Å². The summed E-state index contributed by atoms with van der Waals surface area (Å²) in [6.07, 6.45) is 2.73. The van der Waals surface area contributed by atoms with Crippen molar-refractivity contribution >= 4 is 45.1 Å². The number of allylic oxidation sites excluding steroid dienone is 1. The first-order valence-electron chi connectivity index (χ1n) is 12.0. The molecule has 3 rings (SSSR count). The molecule has 0 spiro atoms. The third-order valence-electron chi connectivity index (χ3n) is 5.06. The monoisotopic (exact) mass is 579 g/mol. The van der Waals surface area contributed by atoms with Crippen LogP contribution in [0.25, 0.3) is 10.2 Å². The molecule has 0 aliphatic carbocycles. The maximum Gasteiger partial charge on any atom is 0.404 e. The highest BCUT2D eigenvalue weighted by molar-refractivity contribution is 7.19. The van der Waals surface area contributed by atoms with Crippen molar-refractivity contribution in [3.63, 3.8) is 0 Å². The number of alkyl halides is 2. The van der Waals surface area contributed by atoms with E-state index in [9.17, 15) is 28.0 Å². The Morgan fingerprint density at radius 1 is 1.23 bits per heavy atom. The summed E-state index contributed by atoms with van der Waals surface area (Å²) in [5.74, 6) is -0.0989. The summed E-state index contributed by atoms with van der Waals surface area (Å²) in [5, 5.41) is 3.23. The molecule has 0 aliphatic heterocycles. The molecule has 2 heterocycles. The molecule has 40 heavy (non-hydrogen) atoms. The third-order valence-corrected chi connectivity index (χ3v) is 6.14. The summed E-state index contributed by atoms with van der Waals surface area (Å²) < 4.78 is 36.2. The average Bonchev–Trinajstić information content (AvgIpc) is 3.32. The van der Waals surface area contributed by atoms with Gasteiger partial charge >= 0.3 is 6.09 Å². The Kier molecular flexibility index (Phi) is 12.7. The number of nitrogens with two attached hydrogens (primary N) is 1. The quantitative estimate of drug-likeness (QED) is 0.261. The second-order valence-electron chi connectivity index (χ2n) is 8.37. The van der Waals surface area contributed by atoms with Crippen LogP contribution in [0.15, 0.2) is 53.5 Å². The van der Waals surface area contributed by atoms with Gasteiger partial charge in [-0.3, -0.25) is 14.4 Å². The van der Waals surface area contributed by atoms with E-state index in [4.69, 9.17) is 4.74 Å². The molecule has 216 valence electrons. The van der Waals surface area contributed by atoms with E-state index in [1.165, 1.54) is 40.1 Å². The first kappa shape index (κ1) is 31.9. The number of fused-ring (bicyclic) bond motifs is 1. The maximum atomic E-state index is 12.8. The smallest absolute Gasteiger partial charge is 0.404 e. The van der Waals surface area contributed by atoms with Crippen molar-refractivity contribution in [3.8, 4) is 5.75 Å². The van der Waals surface area contributed by atoms with Gasteiger partial charge in [-0.05, 0) is 43.2 Å². The number of likely N-dealkylation sites (N-methyl/N-ethyl adjacent to an activating group) is 1. The van der Waals surface area contributed by atoms with Crippen molar-refractivity contribution in [2.75, 3.05) is 33.1 Å². The number of aromatic nitrogens is 2. The van der Waals surface area contributed by atoms with Gasteiger partial charge < -0.3 is 30.0 Å². The van der Waals surface area contributed by atoms with Crippen LogP contribution in [0.1, 0.15) is 24.3 Å². The van der Waals surface area contributed by atoms with Crippen LogP contribution in [-0.2, 0) is 20.9 Å². The Balaban J connectivity index is 0.00000103. The van der Waals surface area contributed by atoms with Crippen LogP contribution in [0, 0.1) is 0 Å². The van der Waals surface area contributed by atoms with E-state index >= 15 is 0 Å². The summed E-state index contributed by atoms with van der Waals surface area (Å²) in [6, 6.07) is 8.20. The number of hydrogen-bond donors (Lipinski definition) is 2. The zero-order valence-electron chi connectivity index (χ0n) is 22.3.